The van der Waals surface area contributed by atoms with Crippen LogP contribution in [0.15, 0.2) is 18.3 Å². The number of carbonyl (C=O) groups excluding carboxylic acids is 2. The second-order valence-corrected chi connectivity index (χ2v) is 11.5. The third-order valence-corrected chi connectivity index (χ3v) is 8.24. The molecule has 1 atom stereocenters. The monoisotopic (exact) mass is 536 g/mol. The van der Waals surface area contributed by atoms with Crippen molar-refractivity contribution in [1.29, 1.82) is 0 Å². The first-order valence-electron chi connectivity index (χ1n) is 12.2. The minimum Gasteiger partial charge on any atom is -0.376 e. The molecule has 3 N–H and O–H groups in total. The number of carbonyl (C=O) groups is 2. The van der Waals surface area contributed by atoms with E-state index in [1.165, 1.54) is 23.6 Å². The van der Waals surface area contributed by atoms with Crippen molar-refractivity contribution in [3.05, 3.63) is 45.6 Å². The van der Waals surface area contributed by atoms with Crippen molar-refractivity contribution in [3.63, 3.8) is 0 Å². The van der Waals surface area contributed by atoms with Crippen molar-refractivity contribution >= 4 is 45.4 Å². The van der Waals surface area contributed by atoms with Crippen LogP contribution in [0.1, 0.15) is 64.2 Å². The molecule has 0 aliphatic heterocycles. The molecule has 192 valence electrons. The Morgan fingerprint density at radius 1 is 1.14 bits per heavy atom. The van der Waals surface area contributed by atoms with Gasteiger partial charge in [0.05, 0.1) is 10.6 Å². The van der Waals surface area contributed by atoms with Gasteiger partial charge in [0.1, 0.15) is 10.7 Å². The summed E-state index contributed by atoms with van der Waals surface area (Å²) in [6.45, 7) is 0.645. The lowest BCUT2D eigenvalue weighted by Gasteiger charge is -2.25. The number of hydrogen-bond acceptors (Lipinski definition) is 5. The van der Waals surface area contributed by atoms with Crippen molar-refractivity contribution < 1.29 is 22.8 Å². The van der Waals surface area contributed by atoms with Gasteiger partial charge in [-0.2, -0.15) is 13.2 Å². The van der Waals surface area contributed by atoms with Gasteiger partial charge in [-0.05, 0) is 68.1 Å². The van der Waals surface area contributed by atoms with E-state index < -0.39 is 11.9 Å². The number of aromatic nitrogens is 1. The first-order chi connectivity index (χ1) is 17.2. The third kappa shape index (κ3) is 6.05. The summed E-state index contributed by atoms with van der Waals surface area (Å²) in [4.78, 5) is 30.8. The number of halogens is 3. The zero-order valence-corrected chi connectivity index (χ0v) is 21.2. The molecule has 0 spiro atoms. The highest BCUT2D eigenvalue weighted by Gasteiger charge is 2.35. The Kier molecular flexibility index (Phi) is 7.04. The Bertz CT molecular complexity index is 1170. The van der Waals surface area contributed by atoms with Gasteiger partial charge in [0.25, 0.3) is 5.91 Å². The zero-order chi connectivity index (χ0) is 25.4. The molecule has 0 aromatic carbocycles. The Morgan fingerprint density at radius 3 is 2.56 bits per heavy atom. The maximum Gasteiger partial charge on any atom is 0.433 e. The van der Waals surface area contributed by atoms with Gasteiger partial charge in [0.2, 0.25) is 5.91 Å². The molecule has 11 heteroatoms. The molecule has 5 rings (SSSR count). The number of amides is 2. The molecule has 0 saturated heterocycles. The predicted molar refractivity (Wildman–Crippen MR) is 135 cm³/mol. The lowest BCUT2D eigenvalue weighted by molar-refractivity contribution is -0.141. The SMILES string of the molecule is O=C(NCC1CC1)c1c(NC(=O)C2CC2)sc2c1C[C@@H](NC(=S)Cc1ccc(C(F)(F)F)nc1)CC2. The smallest absolute Gasteiger partial charge is 0.376 e. The number of alkyl halides is 3. The third-order valence-electron chi connectivity index (χ3n) is 6.77. The van der Waals surface area contributed by atoms with Crippen LogP contribution in [0.4, 0.5) is 18.2 Å². The van der Waals surface area contributed by atoms with E-state index in [0.717, 1.165) is 55.0 Å². The number of thiocarbonyl (C=S) groups is 1. The first kappa shape index (κ1) is 25.1. The average molecular weight is 537 g/mol. The van der Waals surface area contributed by atoms with Gasteiger partial charge >= 0.3 is 6.18 Å². The Balaban J connectivity index is 1.26. The molecule has 2 fully saturated rings. The number of pyridine rings is 1. The molecular formula is C25H27F3N4O2S2. The van der Waals surface area contributed by atoms with E-state index in [4.69, 9.17) is 12.2 Å². The fourth-order valence-corrected chi connectivity index (χ4v) is 5.98. The molecule has 2 aromatic rings. The Hall–Kier alpha value is -2.53. The highest BCUT2D eigenvalue weighted by molar-refractivity contribution is 7.80. The van der Waals surface area contributed by atoms with Crippen LogP contribution in [0.3, 0.4) is 0 Å². The summed E-state index contributed by atoms with van der Waals surface area (Å²) in [6.07, 6.45) is 3.19. The van der Waals surface area contributed by atoms with Crippen molar-refractivity contribution in [2.45, 2.75) is 63.6 Å². The summed E-state index contributed by atoms with van der Waals surface area (Å²) in [7, 11) is 0. The van der Waals surface area contributed by atoms with E-state index in [0.29, 0.717) is 40.0 Å². The molecule has 0 bridgehead atoms. The van der Waals surface area contributed by atoms with E-state index in [2.05, 4.69) is 20.9 Å². The topological polar surface area (TPSA) is 83.1 Å². The summed E-state index contributed by atoms with van der Waals surface area (Å²) < 4.78 is 38.3. The largest absolute Gasteiger partial charge is 0.433 e. The van der Waals surface area contributed by atoms with Crippen LogP contribution in [0.25, 0.3) is 0 Å². The molecule has 2 amide bonds. The molecule has 0 unspecified atom stereocenters. The van der Waals surface area contributed by atoms with E-state index in [1.807, 2.05) is 0 Å². The zero-order valence-electron chi connectivity index (χ0n) is 19.5. The molecule has 36 heavy (non-hydrogen) atoms. The predicted octanol–water partition coefficient (Wildman–Crippen LogP) is 4.67. The molecule has 3 aliphatic rings. The number of nitrogens with one attached hydrogen (secondary N) is 3. The average Bonchev–Trinajstić information content (AvgIpc) is 3.74. The minimum atomic E-state index is -4.47. The quantitative estimate of drug-likeness (QED) is 0.428. The van der Waals surface area contributed by atoms with Gasteiger partial charge in [0.15, 0.2) is 0 Å². The summed E-state index contributed by atoms with van der Waals surface area (Å²) in [6, 6.07) is 2.34. The lowest BCUT2D eigenvalue weighted by Crippen LogP contribution is -2.39. The van der Waals surface area contributed by atoms with Crippen molar-refractivity contribution in [1.82, 2.24) is 15.6 Å². The second kappa shape index (κ2) is 10.1. The number of rotatable bonds is 8. The van der Waals surface area contributed by atoms with Crippen molar-refractivity contribution in [2.75, 3.05) is 11.9 Å². The molecule has 2 saturated carbocycles. The Morgan fingerprint density at radius 2 is 1.92 bits per heavy atom. The number of nitrogens with zero attached hydrogens (tertiary/aromatic N) is 1. The van der Waals surface area contributed by atoms with Gasteiger partial charge in [-0.1, -0.05) is 18.3 Å². The number of thiophene rings is 1. The summed E-state index contributed by atoms with van der Waals surface area (Å²) in [5.41, 5.74) is 1.17. The van der Waals surface area contributed by atoms with Crippen LogP contribution >= 0.6 is 23.6 Å². The number of hydrogen-bond donors (Lipinski definition) is 3. The van der Waals surface area contributed by atoms with Gasteiger partial charge in [-0.15, -0.1) is 11.3 Å². The highest BCUT2D eigenvalue weighted by atomic mass is 32.1. The van der Waals surface area contributed by atoms with Gasteiger partial charge in [-0.25, -0.2) is 0 Å². The van der Waals surface area contributed by atoms with Crippen LogP contribution in [-0.4, -0.2) is 34.4 Å². The first-order valence-corrected chi connectivity index (χ1v) is 13.4. The van der Waals surface area contributed by atoms with Crippen molar-refractivity contribution in [3.8, 4) is 0 Å². The van der Waals surface area contributed by atoms with Gasteiger partial charge < -0.3 is 16.0 Å². The van der Waals surface area contributed by atoms with Crippen LogP contribution < -0.4 is 16.0 Å². The molecule has 2 aromatic heterocycles. The highest BCUT2D eigenvalue weighted by Crippen LogP contribution is 2.40. The number of anilines is 1. The second-order valence-electron chi connectivity index (χ2n) is 9.86. The van der Waals surface area contributed by atoms with E-state index in [9.17, 15) is 22.8 Å². The van der Waals surface area contributed by atoms with E-state index in [1.54, 1.807) is 0 Å². The standard InChI is InChI=1S/C25H27F3N4O2S2/c26-25(27,28)19-8-3-14(12-29-19)9-20(35)31-16-6-7-18-17(10-16)21(23(34)30-11-13-1-2-13)24(36-18)32-22(33)15-4-5-15/h3,8,12-13,15-16H,1-2,4-7,9-11H2,(H,30,34)(H,31,35)(H,32,33)/t16-/m0/s1. The minimum absolute atomic E-state index is 0.0102. The maximum atomic E-state index is 13.2. The van der Waals surface area contributed by atoms with Gasteiger partial charge in [-0.3, -0.25) is 14.6 Å². The number of fused-ring (bicyclic) bond motifs is 1. The van der Waals surface area contributed by atoms with Crippen molar-refractivity contribution in [2.24, 2.45) is 11.8 Å². The number of aryl methyl sites for hydroxylation is 1. The van der Waals surface area contributed by atoms with E-state index >= 15 is 0 Å². The molecule has 2 heterocycles. The normalized spacial score (nSPS) is 19.4. The van der Waals surface area contributed by atoms with E-state index in [-0.39, 0.29) is 30.2 Å². The van der Waals surface area contributed by atoms with Crippen LogP contribution in [0.5, 0.6) is 0 Å². The lowest BCUT2D eigenvalue weighted by atomic mass is 9.91. The fourth-order valence-electron chi connectivity index (χ4n) is 4.40. The summed E-state index contributed by atoms with van der Waals surface area (Å²) in [5, 5.41) is 10.00. The summed E-state index contributed by atoms with van der Waals surface area (Å²) in [5.74, 6) is 0.410. The molecular weight excluding hydrogens is 509 g/mol. The molecule has 3 aliphatic carbocycles. The van der Waals surface area contributed by atoms with Crippen LogP contribution in [0.2, 0.25) is 0 Å². The molecule has 0 radical (unpaired) electrons. The van der Waals surface area contributed by atoms with Gasteiger partial charge in [0, 0.05) is 36.0 Å². The van der Waals surface area contributed by atoms with Crippen LogP contribution in [-0.2, 0) is 30.2 Å². The van der Waals surface area contributed by atoms with Crippen LogP contribution in [0, 0.1) is 11.8 Å². The maximum absolute atomic E-state index is 13.2. The molecule has 6 nitrogen and oxygen atoms in total. The fraction of sp³-hybridized carbons (Fsp3) is 0.520. The summed E-state index contributed by atoms with van der Waals surface area (Å²) >= 11 is 6.97. The Labute approximate surface area is 216 Å².